The second kappa shape index (κ2) is 5.35. The highest BCUT2D eigenvalue weighted by Gasteiger charge is 2.42. The van der Waals surface area contributed by atoms with Gasteiger partial charge in [-0.15, -0.1) is 0 Å². The minimum atomic E-state index is -3.52. The van der Waals surface area contributed by atoms with Crippen LogP contribution in [0.2, 0.25) is 0 Å². The van der Waals surface area contributed by atoms with E-state index in [1.165, 1.54) is 0 Å². The molecule has 0 aromatic heterocycles. The number of nitrogens with zero attached hydrogens (tertiary/aromatic N) is 1. The van der Waals surface area contributed by atoms with E-state index in [1.807, 2.05) is 32.0 Å². The van der Waals surface area contributed by atoms with Crippen LogP contribution >= 0.6 is 0 Å². The third-order valence-electron chi connectivity index (χ3n) is 3.90. The van der Waals surface area contributed by atoms with Crippen molar-refractivity contribution in [1.29, 1.82) is 0 Å². The number of sulfonamides is 1. The van der Waals surface area contributed by atoms with Crippen LogP contribution in [0.4, 0.5) is 5.69 Å². The number of aliphatic hydroxyl groups excluding tert-OH is 1. The SMILES string of the molecule is Cc1ccc(S(=O)(=O)NCC2(CO)CC2)cc1N(C)C. The molecule has 1 saturated carbocycles. The Hall–Kier alpha value is -1.11. The Morgan fingerprint density at radius 3 is 2.50 bits per heavy atom. The lowest BCUT2D eigenvalue weighted by Gasteiger charge is -2.18. The number of aliphatic hydroxyl groups is 1. The molecular weight excluding hydrogens is 276 g/mol. The number of hydrogen-bond donors (Lipinski definition) is 2. The molecule has 1 fully saturated rings. The molecule has 2 rings (SSSR count). The molecule has 0 aliphatic heterocycles. The first-order valence-electron chi connectivity index (χ1n) is 6.68. The van der Waals surface area contributed by atoms with E-state index in [2.05, 4.69) is 4.72 Å². The second-order valence-electron chi connectivity index (χ2n) is 5.83. The summed E-state index contributed by atoms with van der Waals surface area (Å²) in [6.07, 6.45) is 1.76. The third-order valence-corrected chi connectivity index (χ3v) is 5.30. The van der Waals surface area contributed by atoms with Crippen LogP contribution in [0.15, 0.2) is 23.1 Å². The Morgan fingerprint density at radius 2 is 2.00 bits per heavy atom. The monoisotopic (exact) mass is 298 g/mol. The molecule has 0 amide bonds. The number of benzene rings is 1. The number of rotatable bonds is 6. The van der Waals surface area contributed by atoms with Crippen molar-refractivity contribution in [1.82, 2.24) is 4.72 Å². The van der Waals surface area contributed by atoms with E-state index in [0.29, 0.717) is 6.54 Å². The first-order chi connectivity index (χ1) is 9.30. The molecule has 5 nitrogen and oxygen atoms in total. The molecule has 2 N–H and O–H groups in total. The summed E-state index contributed by atoms with van der Waals surface area (Å²) < 4.78 is 27.2. The largest absolute Gasteiger partial charge is 0.396 e. The molecule has 112 valence electrons. The molecule has 0 saturated heterocycles. The number of aryl methyl sites for hydroxylation is 1. The molecule has 1 aromatic carbocycles. The van der Waals surface area contributed by atoms with Gasteiger partial charge in [-0.25, -0.2) is 13.1 Å². The zero-order chi connectivity index (χ0) is 15.0. The van der Waals surface area contributed by atoms with Crippen molar-refractivity contribution >= 4 is 15.7 Å². The Morgan fingerprint density at radius 1 is 1.35 bits per heavy atom. The van der Waals surface area contributed by atoms with Gasteiger partial charge in [0.2, 0.25) is 10.0 Å². The highest BCUT2D eigenvalue weighted by atomic mass is 32.2. The van der Waals surface area contributed by atoms with Gasteiger partial charge in [0.25, 0.3) is 0 Å². The summed E-state index contributed by atoms with van der Waals surface area (Å²) in [7, 11) is 0.248. The van der Waals surface area contributed by atoms with Gasteiger partial charge in [-0.3, -0.25) is 0 Å². The zero-order valence-corrected chi connectivity index (χ0v) is 13.0. The average molecular weight is 298 g/mol. The minimum absolute atomic E-state index is 0.0341. The number of hydrogen-bond acceptors (Lipinski definition) is 4. The lowest BCUT2D eigenvalue weighted by atomic mass is 10.1. The van der Waals surface area contributed by atoms with E-state index in [0.717, 1.165) is 24.1 Å². The van der Waals surface area contributed by atoms with Gasteiger partial charge < -0.3 is 10.0 Å². The summed E-state index contributed by atoms with van der Waals surface area (Å²) in [5.41, 5.74) is 1.68. The van der Waals surface area contributed by atoms with Gasteiger partial charge in [0.05, 0.1) is 4.90 Å². The van der Waals surface area contributed by atoms with E-state index >= 15 is 0 Å². The Balaban J connectivity index is 2.19. The van der Waals surface area contributed by atoms with Crippen LogP contribution in [0.5, 0.6) is 0 Å². The summed E-state index contributed by atoms with van der Waals surface area (Å²) >= 11 is 0. The van der Waals surface area contributed by atoms with Crippen molar-refractivity contribution in [2.75, 3.05) is 32.1 Å². The van der Waals surface area contributed by atoms with Crippen LogP contribution in [0.25, 0.3) is 0 Å². The summed E-state index contributed by atoms with van der Waals surface area (Å²) in [4.78, 5) is 2.16. The lowest BCUT2D eigenvalue weighted by molar-refractivity contribution is 0.213. The first kappa shape index (κ1) is 15.3. The van der Waals surface area contributed by atoms with Gasteiger partial charge >= 0.3 is 0 Å². The van der Waals surface area contributed by atoms with E-state index in [-0.39, 0.29) is 16.9 Å². The molecule has 1 aliphatic rings. The molecule has 20 heavy (non-hydrogen) atoms. The fourth-order valence-corrected chi connectivity index (χ4v) is 3.31. The van der Waals surface area contributed by atoms with Gasteiger partial charge in [-0.1, -0.05) is 6.07 Å². The zero-order valence-electron chi connectivity index (χ0n) is 12.2. The van der Waals surface area contributed by atoms with Crippen LogP contribution in [0.1, 0.15) is 18.4 Å². The normalized spacial score (nSPS) is 17.0. The molecule has 0 atom stereocenters. The molecular formula is C14H22N2O3S. The molecule has 0 radical (unpaired) electrons. The molecule has 6 heteroatoms. The lowest BCUT2D eigenvalue weighted by Crippen LogP contribution is -2.32. The predicted molar refractivity (Wildman–Crippen MR) is 79.4 cm³/mol. The van der Waals surface area contributed by atoms with Crippen LogP contribution in [-0.2, 0) is 10.0 Å². The van der Waals surface area contributed by atoms with Crippen LogP contribution in [0.3, 0.4) is 0 Å². The van der Waals surface area contributed by atoms with Crippen molar-refractivity contribution in [3.05, 3.63) is 23.8 Å². The smallest absolute Gasteiger partial charge is 0.240 e. The topological polar surface area (TPSA) is 69.6 Å². The summed E-state index contributed by atoms with van der Waals surface area (Å²) in [5, 5.41) is 9.24. The maximum atomic E-state index is 12.3. The molecule has 0 heterocycles. The van der Waals surface area contributed by atoms with Gasteiger partial charge in [0.1, 0.15) is 0 Å². The predicted octanol–water partition coefficient (Wildman–Crippen LogP) is 1.11. The quantitative estimate of drug-likeness (QED) is 0.825. The molecule has 1 aliphatic carbocycles. The number of anilines is 1. The van der Waals surface area contributed by atoms with E-state index in [1.54, 1.807) is 12.1 Å². The third kappa shape index (κ3) is 3.13. The summed E-state index contributed by atoms with van der Waals surface area (Å²) in [5.74, 6) is 0. The maximum Gasteiger partial charge on any atom is 0.240 e. The van der Waals surface area contributed by atoms with E-state index in [9.17, 15) is 13.5 Å². The average Bonchev–Trinajstić information content (AvgIpc) is 3.17. The summed E-state index contributed by atoms with van der Waals surface area (Å²) in [6, 6.07) is 5.10. The molecule has 0 bridgehead atoms. The summed E-state index contributed by atoms with van der Waals surface area (Å²) in [6.45, 7) is 2.29. The fraction of sp³-hybridized carbons (Fsp3) is 0.571. The van der Waals surface area contributed by atoms with Crippen molar-refractivity contribution in [3.8, 4) is 0 Å². The van der Waals surface area contributed by atoms with Crippen molar-refractivity contribution in [2.24, 2.45) is 5.41 Å². The maximum absolute atomic E-state index is 12.3. The van der Waals surface area contributed by atoms with Gasteiger partial charge in [-0.05, 0) is 37.5 Å². The highest BCUT2D eigenvalue weighted by molar-refractivity contribution is 7.89. The van der Waals surface area contributed by atoms with Crippen LogP contribution < -0.4 is 9.62 Å². The Labute approximate surface area is 120 Å². The van der Waals surface area contributed by atoms with Crippen molar-refractivity contribution < 1.29 is 13.5 Å². The van der Waals surface area contributed by atoms with Crippen LogP contribution in [0, 0.1) is 12.3 Å². The standard InChI is InChI=1S/C14H22N2O3S/c1-11-4-5-12(8-13(11)16(2)3)20(18,19)15-9-14(10-17)6-7-14/h4-5,8,15,17H,6-7,9-10H2,1-3H3. The second-order valence-corrected chi connectivity index (χ2v) is 7.59. The van der Waals surface area contributed by atoms with E-state index < -0.39 is 10.0 Å². The van der Waals surface area contributed by atoms with Crippen LogP contribution in [-0.4, -0.2) is 40.8 Å². The van der Waals surface area contributed by atoms with Crippen molar-refractivity contribution in [2.45, 2.75) is 24.7 Å². The Kier molecular flexibility index (Phi) is 4.09. The number of nitrogens with one attached hydrogen (secondary N) is 1. The molecule has 0 unspecified atom stereocenters. The van der Waals surface area contributed by atoms with E-state index in [4.69, 9.17) is 0 Å². The Bertz CT molecular complexity index is 592. The highest BCUT2D eigenvalue weighted by Crippen LogP contribution is 2.44. The minimum Gasteiger partial charge on any atom is -0.396 e. The van der Waals surface area contributed by atoms with Gasteiger partial charge in [0, 0.05) is 38.3 Å². The van der Waals surface area contributed by atoms with Gasteiger partial charge in [0.15, 0.2) is 0 Å². The molecule has 1 aromatic rings. The van der Waals surface area contributed by atoms with Crippen molar-refractivity contribution in [3.63, 3.8) is 0 Å². The van der Waals surface area contributed by atoms with Gasteiger partial charge in [-0.2, -0.15) is 0 Å². The molecule has 0 spiro atoms. The fourth-order valence-electron chi connectivity index (χ4n) is 2.14. The first-order valence-corrected chi connectivity index (χ1v) is 8.16.